The molecule has 2 saturated carbocycles. The van der Waals surface area contributed by atoms with Crippen LogP contribution in [0.15, 0.2) is 85.9 Å². The number of anilines is 4. The summed E-state index contributed by atoms with van der Waals surface area (Å²) in [5.74, 6) is 0.275. The summed E-state index contributed by atoms with van der Waals surface area (Å²) in [6.07, 6.45) is 10.0. The van der Waals surface area contributed by atoms with Crippen molar-refractivity contribution in [3.63, 3.8) is 0 Å². The van der Waals surface area contributed by atoms with Gasteiger partial charge < -0.3 is 31.0 Å². The molecular formula is C51H58N6O9S2. The molecule has 68 heavy (non-hydrogen) atoms. The van der Waals surface area contributed by atoms with E-state index in [-0.39, 0.29) is 61.7 Å². The molecule has 0 radical (unpaired) electrons. The van der Waals surface area contributed by atoms with Gasteiger partial charge in [-0.15, -0.1) is 0 Å². The van der Waals surface area contributed by atoms with E-state index in [1.807, 2.05) is 32.9 Å². The Labute approximate surface area is 397 Å². The first-order valence-electron chi connectivity index (χ1n) is 23.0. The number of rotatable bonds is 10. The van der Waals surface area contributed by atoms with Crippen molar-refractivity contribution in [1.29, 1.82) is 0 Å². The van der Waals surface area contributed by atoms with Crippen LogP contribution in [0, 0.1) is 41.5 Å². The van der Waals surface area contributed by atoms with Gasteiger partial charge >= 0.3 is 12.1 Å². The van der Waals surface area contributed by atoms with Crippen LogP contribution < -0.4 is 31.9 Å². The van der Waals surface area contributed by atoms with E-state index in [9.17, 15) is 35.5 Å². The van der Waals surface area contributed by atoms with Crippen LogP contribution in [-0.4, -0.2) is 50.1 Å². The van der Waals surface area contributed by atoms with Crippen molar-refractivity contribution in [2.45, 2.75) is 128 Å². The molecule has 0 atom stereocenters. The highest BCUT2D eigenvalue weighted by atomic mass is 32.2. The highest BCUT2D eigenvalue weighted by Gasteiger charge is 2.28. The average Bonchev–Trinajstić information content (AvgIpc) is 3.28. The molecule has 4 aromatic carbocycles. The Balaban J connectivity index is 1.25. The van der Waals surface area contributed by atoms with Crippen molar-refractivity contribution < 1.29 is 39.9 Å². The van der Waals surface area contributed by atoms with Crippen LogP contribution in [0.25, 0.3) is 33.4 Å². The number of carbonyl (C=O) groups excluding carboxylic acids is 2. The van der Waals surface area contributed by atoms with E-state index in [2.05, 4.69) is 26.6 Å². The van der Waals surface area contributed by atoms with Gasteiger partial charge in [-0.05, 0) is 131 Å². The summed E-state index contributed by atoms with van der Waals surface area (Å²) in [7, 11) is -9.49. The van der Waals surface area contributed by atoms with Crippen LogP contribution in [0.4, 0.5) is 38.0 Å². The predicted molar refractivity (Wildman–Crippen MR) is 266 cm³/mol. The van der Waals surface area contributed by atoms with Gasteiger partial charge in [0.25, 0.3) is 20.2 Å². The zero-order valence-electron chi connectivity index (χ0n) is 39.1. The lowest BCUT2D eigenvalue weighted by atomic mass is 9.93. The quantitative estimate of drug-likeness (QED) is 0.0507. The standard InChI is InChI=1S/C51H58N6O9S2/c1-28-25-29(2)46(56-50(58)54-34-15-9-7-10-16-34)30(3)45(28)52-36-21-23-38-41(26-36)66-42-27-37(22-24-39(42)44(38)40-19-13-14-20-43(40)67(60,61)62)53-47-31(4)48(33(6)49(32(47)5)68(63,64)65)57-51(59)55-35-17-11-8-12-18-35/h13-14,19-27,34-35,52H,7-12,15-18H2,1-6H3,(H2,54,56,58)(H2,55,57,59)(H,60,61,62)(H,63,64,65). The zero-order chi connectivity index (χ0) is 48.7. The second-order valence-corrected chi connectivity index (χ2v) is 21.0. The molecule has 17 heteroatoms. The summed E-state index contributed by atoms with van der Waals surface area (Å²) >= 11 is 0. The lowest BCUT2D eigenvalue weighted by Gasteiger charge is -2.24. The lowest BCUT2D eigenvalue weighted by molar-refractivity contribution is 0.243. The Morgan fingerprint density at radius 1 is 0.618 bits per heavy atom. The minimum atomic E-state index is -4.79. The molecule has 3 aliphatic carbocycles. The van der Waals surface area contributed by atoms with Crippen molar-refractivity contribution in [3.8, 4) is 22.5 Å². The summed E-state index contributed by atoms with van der Waals surface area (Å²) in [6, 6.07) is 17.9. The normalized spacial score (nSPS) is 15.4. The number of benzene rings is 5. The summed E-state index contributed by atoms with van der Waals surface area (Å²) in [4.78, 5) is 30.7. The Morgan fingerprint density at radius 2 is 1.22 bits per heavy atom. The maximum absolute atomic E-state index is 13.3. The van der Waals surface area contributed by atoms with Gasteiger partial charge in [0.15, 0.2) is 0 Å². The summed E-state index contributed by atoms with van der Waals surface area (Å²) in [5, 5.41) is 16.4. The molecule has 0 bridgehead atoms. The Bertz CT molecular complexity index is 3250. The van der Waals surface area contributed by atoms with E-state index >= 15 is 0 Å². The van der Waals surface area contributed by atoms with E-state index < -0.39 is 26.3 Å². The van der Waals surface area contributed by atoms with Crippen LogP contribution in [0.1, 0.15) is 97.6 Å². The SMILES string of the molecule is Cc1cc(C)c(Nc2ccc3c(-c4ccccc4S(=O)(=O)O)c4ccc(=Nc5c(C)c(NC(=O)NC6CCCCC6)c(C)c(S(=O)(=O)O)c5C)cc-4oc3c2)c(C)c1NC(=O)NC1CCCCC1. The van der Waals surface area contributed by atoms with Gasteiger partial charge in [-0.2, -0.15) is 16.8 Å². The molecule has 1 aliphatic heterocycles. The first-order chi connectivity index (χ1) is 32.3. The maximum atomic E-state index is 13.3. The third-order valence-corrected chi connectivity index (χ3v) is 15.4. The number of aryl methyl sites for hydroxylation is 2. The molecule has 4 aliphatic rings. The van der Waals surface area contributed by atoms with Crippen molar-refractivity contribution >= 4 is 71.7 Å². The van der Waals surface area contributed by atoms with Crippen LogP contribution in [0.2, 0.25) is 0 Å². The average molecular weight is 963 g/mol. The van der Waals surface area contributed by atoms with Crippen LogP contribution >= 0.6 is 0 Å². The number of hydrogen-bond acceptors (Lipinski definition) is 9. The van der Waals surface area contributed by atoms with Crippen LogP contribution in [0.5, 0.6) is 0 Å². The van der Waals surface area contributed by atoms with Gasteiger partial charge in [0.1, 0.15) is 21.1 Å². The minimum Gasteiger partial charge on any atom is -0.456 e. The molecule has 358 valence electrons. The van der Waals surface area contributed by atoms with E-state index in [0.29, 0.717) is 44.4 Å². The molecule has 2 fully saturated rings. The summed E-state index contributed by atoms with van der Waals surface area (Å²) in [5.41, 5.74) is 7.46. The number of nitrogens with one attached hydrogen (secondary N) is 5. The van der Waals surface area contributed by atoms with Crippen molar-refractivity contribution in [3.05, 3.63) is 105 Å². The highest BCUT2D eigenvalue weighted by molar-refractivity contribution is 7.86. The fraction of sp³-hybridized carbons (Fsp3) is 0.353. The van der Waals surface area contributed by atoms with Gasteiger partial charge in [0.05, 0.1) is 22.4 Å². The number of fused-ring (bicyclic) bond motifs is 2. The number of hydrogen-bond donors (Lipinski definition) is 7. The van der Waals surface area contributed by atoms with Gasteiger partial charge in [0, 0.05) is 57.7 Å². The lowest BCUT2D eigenvalue weighted by Crippen LogP contribution is -2.39. The first-order valence-corrected chi connectivity index (χ1v) is 25.9. The third-order valence-electron chi connectivity index (χ3n) is 13.4. The molecule has 0 unspecified atom stereocenters. The topological polar surface area (TPSA) is 229 Å². The van der Waals surface area contributed by atoms with E-state index in [1.54, 1.807) is 49.4 Å². The van der Waals surface area contributed by atoms with Crippen molar-refractivity contribution in [1.82, 2.24) is 10.6 Å². The van der Waals surface area contributed by atoms with E-state index in [1.165, 1.54) is 32.4 Å². The molecular weight excluding hydrogens is 905 g/mol. The first kappa shape index (κ1) is 48.2. The van der Waals surface area contributed by atoms with Gasteiger partial charge in [-0.3, -0.25) is 9.11 Å². The predicted octanol–water partition coefficient (Wildman–Crippen LogP) is 11.4. The summed E-state index contributed by atoms with van der Waals surface area (Å²) < 4.78 is 79.1. The van der Waals surface area contributed by atoms with Gasteiger partial charge in [0.2, 0.25) is 0 Å². The smallest absolute Gasteiger partial charge is 0.319 e. The van der Waals surface area contributed by atoms with Crippen LogP contribution in [0.3, 0.4) is 0 Å². The summed E-state index contributed by atoms with van der Waals surface area (Å²) in [6.45, 7) is 10.6. The number of nitrogens with zero attached hydrogens (tertiary/aromatic N) is 1. The molecule has 0 spiro atoms. The highest BCUT2D eigenvalue weighted by Crippen LogP contribution is 2.44. The fourth-order valence-electron chi connectivity index (χ4n) is 10.1. The number of urea groups is 2. The molecule has 8 rings (SSSR count). The van der Waals surface area contributed by atoms with E-state index in [0.717, 1.165) is 80.2 Å². The maximum Gasteiger partial charge on any atom is 0.319 e. The molecule has 0 aromatic heterocycles. The van der Waals surface area contributed by atoms with E-state index in [4.69, 9.17) is 9.41 Å². The monoisotopic (exact) mass is 962 g/mol. The Morgan fingerprint density at radius 3 is 1.84 bits per heavy atom. The third kappa shape index (κ3) is 10.1. The molecule has 7 N–H and O–H groups in total. The fourth-order valence-corrected chi connectivity index (χ4v) is 11.8. The second-order valence-electron chi connectivity index (χ2n) is 18.2. The Hall–Kier alpha value is -6.27. The molecule has 0 saturated heterocycles. The minimum absolute atomic E-state index is 0.0187. The molecule has 4 amide bonds. The van der Waals surface area contributed by atoms with Crippen LogP contribution in [-0.2, 0) is 20.2 Å². The second kappa shape index (κ2) is 19.4. The largest absolute Gasteiger partial charge is 0.456 e. The zero-order valence-corrected chi connectivity index (χ0v) is 40.7. The number of amides is 4. The van der Waals surface area contributed by atoms with Gasteiger partial charge in [-0.25, -0.2) is 14.6 Å². The molecule has 1 heterocycles. The molecule has 4 aromatic rings. The van der Waals surface area contributed by atoms with Gasteiger partial charge in [-0.1, -0.05) is 62.8 Å². The van der Waals surface area contributed by atoms with Crippen molar-refractivity contribution in [2.24, 2.45) is 4.99 Å². The number of carbonyl (C=O) groups is 2. The van der Waals surface area contributed by atoms with Crippen molar-refractivity contribution in [2.75, 3.05) is 16.0 Å². The molecule has 15 nitrogen and oxygen atoms in total. The Kier molecular flexibility index (Phi) is 13.7.